The second kappa shape index (κ2) is 6.07. The molecular formula is C13H19N3OS2. The van der Waals surface area contributed by atoms with Crippen LogP contribution in [0.2, 0.25) is 0 Å². The summed E-state index contributed by atoms with van der Waals surface area (Å²) in [6.07, 6.45) is 0. The first-order chi connectivity index (χ1) is 9.06. The van der Waals surface area contributed by atoms with Crippen molar-refractivity contribution in [1.82, 2.24) is 9.97 Å². The maximum absolute atomic E-state index is 9.05. The molecule has 0 fully saturated rings. The summed E-state index contributed by atoms with van der Waals surface area (Å²) in [7, 11) is 1.89. The predicted octanol–water partition coefficient (Wildman–Crippen LogP) is 2.96. The summed E-state index contributed by atoms with van der Waals surface area (Å²) < 4.78 is 0. The van der Waals surface area contributed by atoms with Gasteiger partial charge in [0.2, 0.25) is 0 Å². The van der Waals surface area contributed by atoms with Crippen molar-refractivity contribution >= 4 is 39.1 Å². The van der Waals surface area contributed by atoms with Gasteiger partial charge in [0.05, 0.1) is 17.7 Å². The van der Waals surface area contributed by atoms with Crippen LogP contribution in [0.25, 0.3) is 10.2 Å². The van der Waals surface area contributed by atoms with Crippen LogP contribution in [0, 0.1) is 13.8 Å². The van der Waals surface area contributed by atoms with Crippen molar-refractivity contribution in [2.45, 2.75) is 31.8 Å². The van der Waals surface area contributed by atoms with Crippen LogP contribution in [0.4, 0.5) is 5.82 Å². The number of thiophene rings is 1. The minimum absolute atomic E-state index is 0.184. The number of fused-ring (bicyclic) bond motifs is 1. The minimum atomic E-state index is 0.184. The molecule has 6 heteroatoms. The fraction of sp³-hybridized carbons (Fsp3) is 0.538. The molecule has 4 nitrogen and oxygen atoms in total. The molecule has 0 aliphatic carbocycles. The summed E-state index contributed by atoms with van der Waals surface area (Å²) in [5, 5.41) is 13.6. The first-order valence-electron chi connectivity index (χ1n) is 6.23. The van der Waals surface area contributed by atoms with E-state index in [1.807, 2.05) is 14.0 Å². The van der Waals surface area contributed by atoms with Gasteiger partial charge in [-0.1, -0.05) is 6.92 Å². The summed E-state index contributed by atoms with van der Waals surface area (Å²) in [5.74, 6) is 2.45. The number of aliphatic hydroxyl groups is 1. The van der Waals surface area contributed by atoms with Gasteiger partial charge < -0.3 is 10.4 Å². The maximum atomic E-state index is 9.05. The van der Waals surface area contributed by atoms with Gasteiger partial charge in [-0.15, -0.1) is 23.1 Å². The fourth-order valence-electron chi connectivity index (χ4n) is 1.81. The molecule has 2 aromatic heterocycles. The van der Waals surface area contributed by atoms with E-state index in [2.05, 4.69) is 29.1 Å². The summed E-state index contributed by atoms with van der Waals surface area (Å²) in [4.78, 5) is 11.5. The Hall–Kier alpha value is -0.850. The third-order valence-electron chi connectivity index (χ3n) is 3.07. The van der Waals surface area contributed by atoms with Gasteiger partial charge in [0.25, 0.3) is 0 Å². The van der Waals surface area contributed by atoms with Gasteiger partial charge in [0, 0.05) is 17.2 Å². The lowest BCUT2D eigenvalue weighted by atomic mass is 10.2. The van der Waals surface area contributed by atoms with Gasteiger partial charge in [0.15, 0.2) is 0 Å². The number of aliphatic hydroxyl groups excluding tert-OH is 1. The van der Waals surface area contributed by atoms with Gasteiger partial charge in [-0.05, 0) is 19.4 Å². The van der Waals surface area contributed by atoms with E-state index in [9.17, 15) is 0 Å². The van der Waals surface area contributed by atoms with Crippen LogP contribution in [0.3, 0.4) is 0 Å². The Bertz CT molecular complexity index is 583. The van der Waals surface area contributed by atoms with Crippen molar-refractivity contribution in [2.24, 2.45) is 0 Å². The number of rotatable bonds is 5. The third kappa shape index (κ3) is 3.01. The molecule has 0 aliphatic rings. The summed E-state index contributed by atoms with van der Waals surface area (Å²) in [5.41, 5.74) is 1.26. The Morgan fingerprint density at radius 1 is 1.37 bits per heavy atom. The molecular weight excluding hydrogens is 278 g/mol. The zero-order valence-electron chi connectivity index (χ0n) is 11.6. The van der Waals surface area contributed by atoms with E-state index in [1.165, 1.54) is 10.4 Å². The van der Waals surface area contributed by atoms with E-state index in [1.54, 1.807) is 23.1 Å². The Morgan fingerprint density at radius 2 is 2.11 bits per heavy atom. The zero-order valence-corrected chi connectivity index (χ0v) is 13.3. The van der Waals surface area contributed by atoms with E-state index < -0.39 is 0 Å². The van der Waals surface area contributed by atoms with E-state index in [0.717, 1.165) is 27.6 Å². The molecule has 2 aromatic rings. The van der Waals surface area contributed by atoms with E-state index >= 15 is 0 Å². The molecule has 0 aliphatic heterocycles. The Kier molecular flexibility index (Phi) is 4.65. The number of anilines is 1. The summed E-state index contributed by atoms with van der Waals surface area (Å²) in [6.45, 7) is 6.41. The quantitative estimate of drug-likeness (QED) is 0.888. The monoisotopic (exact) mass is 297 g/mol. The molecule has 104 valence electrons. The van der Waals surface area contributed by atoms with E-state index in [0.29, 0.717) is 0 Å². The maximum Gasteiger partial charge on any atom is 0.142 e. The Labute approximate surface area is 121 Å². The number of nitrogens with zero attached hydrogens (tertiary/aromatic N) is 2. The first kappa shape index (κ1) is 14.6. The standard InChI is InChI=1S/C13H19N3OS2/c1-7(5-17)18-6-10-15-12(14-4)11-8(2)9(3)19-13(11)16-10/h7,17H,5-6H2,1-4H3,(H,14,15,16). The average Bonchev–Trinajstić information content (AvgIpc) is 2.70. The highest BCUT2D eigenvalue weighted by molar-refractivity contribution is 7.99. The van der Waals surface area contributed by atoms with Crippen molar-refractivity contribution in [3.8, 4) is 0 Å². The predicted molar refractivity (Wildman–Crippen MR) is 84.3 cm³/mol. The SMILES string of the molecule is CNc1nc(CSC(C)CO)nc2sc(C)c(C)c12. The highest BCUT2D eigenvalue weighted by Gasteiger charge is 2.14. The Morgan fingerprint density at radius 3 is 2.74 bits per heavy atom. The van der Waals surface area contributed by atoms with Gasteiger partial charge >= 0.3 is 0 Å². The molecule has 2 rings (SSSR count). The molecule has 0 amide bonds. The highest BCUT2D eigenvalue weighted by atomic mass is 32.2. The molecule has 0 aromatic carbocycles. The number of hydrogen-bond acceptors (Lipinski definition) is 6. The lowest BCUT2D eigenvalue weighted by molar-refractivity contribution is 0.300. The second-order valence-corrected chi connectivity index (χ2v) is 7.14. The van der Waals surface area contributed by atoms with Crippen LogP contribution < -0.4 is 5.32 Å². The fourth-order valence-corrected chi connectivity index (χ4v) is 3.52. The average molecular weight is 297 g/mol. The van der Waals surface area contributed by atoms with Crippen molar-refractivity contribution in [3.63, 3.8) is 0 Å². The second-order valence-electron chi connectivity index (χ2n) is 4.51. The number of thioether (sulfide) groups is 1. The molecule has 2 heterocycles. The summed E-state index contributed by atoms with van der Waals surface area (Å²) in [6, 6.07) is 0. The molecule has 0 bridgehead atoms. The number of aryl methyl sites for hydroxylation is 2. The van der Waals surface area contributed by atoms with Crippen molar-refractivity contribution < 1.29 is 5.11 Å². The van der Waals surface area contributed by atoms with Crippen LogP contribution in [0.5, 0.6) is 0 Å². The van der Waals surface area contributed by atoms with E-state index in [-0.39, 0.29) is 11.9 Å². The van der Waals surface area contributed by atoms with Crippen LogP contribution in [0.15, 0.2) is 0 Å². The van der Waals surface area contributed by atoms with Crippen LogP contribution in [-0.4, -0.2) is 34.0 Å². The van der Waals surface area contributed by atoms with Crippen LogP contribution in [-0.2, 0) is 5.75 Å². The number of aromatic nitrogens is 2. The lowest BCUT2D eigenvalue weighted by Crippen LogP contribution is -2.05. The van der Waals surface area contributed by atoms with Crippen LogP contribution >= 0.6 is 23.1 Å². The smallest absolute Gasteiger partial charge is 0.142 e. The van der Waals surface area contributed by atoms with Gasteiger partial charge in [-0.25, -0.2) is 9.97 Å². The molecule has 1 unspecified atom stereocenters. The van der Waals surface area contributed by atoms with E-state index in [4.69, 9.17) is 5.11 Å². The molecule has 2 N–H and O–H groups in total. The van der Waals surface area contributed by atoms with Gasteiger partial charge in [-0.2, -0.15) is 0 Å². The van der Waals surface area contributed by atoms with Crippen LogP contribution in [0.1, 0.15) is 23.2 Å². The first-order valence-corrected chi connectivity index (χ1v) is 8.10. The zero-order chi connectivity index (χ0) is 14.0. The topological polar surface area (TPSA) is 58.0 Å². The number of nitrogens with one attached hydrogen (secondary N) is 1. The molecule has 1 atom stereocenters. The van der Waals surface area contributed by atoms with Gasteiger partial charge in [-0.3, -0.25) is 0 Å². The molecule has 19 heavy (non-hydrogen) atoms. The summed E-state index contributed by atoms with van der Waals surface area (Å²) >= 11 is 3.38. The highest BCUT2D eigenvalue weighted by Crippen LogP contribution is 2.33. The largest absolute Gasteiger partial charge is 0.395 e. The normalized spacial score (nSPS) is 12.9. The number of hydrogen-bond donors (Lipinski definition) is 2. The lowest BCUT2D eigenvalue weighted by Gasteiger charge is -2.08. The minimum Gasteiger partial charge on any atom is -0.395 e. The van der Waals surface area contributed by atoms with Crippen molar-refractivity contribution in [3.05, 3.63) is 16.3 Å². The molecule has 0 radical (unpaired) electrons. The Balaban J connectivity index is 2.37. The van der Waals surface area contributed by atoms with Crippen molar-refractivity contribution in [1.29, 1.82) is 0 Å². The molecule has 0 saturated heterocycles. The van der Waals surface area contributed by atoms with Gasteiger partial charge in [0.1, 0.15) is 16.5 Å². The molecule has 0 spiro atoms. The van der Waals surface area contributed by atoms with Crippen molar-refractivity contribution in [2.75, 3.05) is 19.0 Å². The molecule has 0 saturated carbocycles. The third-order valence-corrected chi connectivity index (χ3v) is 5.31.